The summed E-state index contributed by atoms with van der Waals surface area (Å²) in [6, 6.07) is 17.9. The quantitative estimate of drug-likeness (QED) is 0.301. The fraction of sp³-hybridized carbons (Fsp3) is 0.172. The van der Waals surface area contributed by atoms with Crippen LogP contribution in [0, 0.1) is 6.92 Å². The summed E-state index contributed by atoms with van der Waals surface area (Å²) in [4.78, 5) is 26.3. The Balaban J connectivity index is 1.56. The summed E-state index contributed by atoms with van der Waals surface area (Å²) in [5.41, 5.74) is 2.21. The van der Waals surface area contributed by atoms with E-state index in [-0.39, 0.29) is 18.0 Å². The van der Waals surface area contributed by atoms with Crippen LogP contribution in [0.2, 0.25) is 0 Å². The predicted octanol–water partition coefficient (Wildman–Crippen LogP) is 5.74. The Morgan fingerprint density at radius 3 is 2.15 bits per heavy atom. The largest absolute Gasteiger partial charge is 0.497 e. The number of nitrogens with one attached hydrogen (secondary N) is 1. The van der Waals surface area contributed by atoms with Crippen molar-refractivity contribution in [3.63, 3.8) is 0 Å². The average Bonchev–Trinajstić information content (AvgIpc) is 3.43. The van der Waals surface area contributed by atoms with Crippen molar-refractivity contribution in [2.24, 2.45) is 0 Å². The standard InChI is InChI=1S/C29H24F3N3O4/c1-17-24(14-20-15-27(36)35(33-20)21-8-6-19(7-9-21)29(30,31)32)25-16-23(39-3)12-13-26(25)34(17)28(37)18-4-10-22(38-2)11-5-18/h4-13,15-16,33H,14H2,1-3H3. The van der Waals surface area contributed by atoms with Gasteiger partial charge >= 0.3 is 6.18 Å². The summed E-state index contributed by atoms with van der Waals surface area (Å²) in [6.45, 7) is 1.83. The minimum absolute atomic E-state index is 0.229. The van der Waals surface area contributed by atoms with Crippen LogP contribution in [0.5, 0.6) is 11.5 Å². The van der Waals surface area contributed by atoms with Crippen molar-refractivity contribution in [3.8, 4) is 17.2 Å². The SMILES string of the molecule is COc1ccc(C(=O)n2c(C)c(Cc3cc(=O)n(-c4ccc(C(F)(F)F)cc4)[nH]3)c3cc(OC)ccc32)cc1. The van der Waals surface area contributed by atoms with Crippen molar-refractivity contribution in [1.82, 2.24) is 14.3 Å². The second-order valence-electron chi connectivity index (χ2n) is 8.99. The second-order valence-corrected chi connectivity index (χ2v) is 8.99. The lowest BCUT2D eigenvalue weighted by molar-refractivity contribution is -0.137. The molecule has 1 N–H and O–H groups in total. The summed E-state index contributed by atoms with van der Waals surface area (Å²) in [6.07, 6.45) is -4.21. The topological polar surface area (TPSA) is 78.2 Å². The van der Waals surface area contributed by atoms with Crippen LogP contribution in [0.4, 0.5) is 13.2 Å². The summed E-state index contributed by atoms with van der Waals surface area (Å²) in [5, 5.41) is 3.77. The Hall–Kier alpha value is -4.73. The Labute approximate surface area is 221 Å². The van der Waals surface area contributed by atoms with E-state index < -0.39 is 17.3 Å². The molecule has 7 nitrogen and oxygen atoms in total. The highest BCUT2D eigenvalue weighted by Crippen LogP contribution is 2.32. The van der Waals surface area contributed by atoms with E-state index >= 15 is 0 Å². The first kappa shape index (κ1) is 25.9. The third kappa shape index (κ3) is 4.81. The van der Waals surface area contributed by atoms with Gasteiger partial charge in [-0.05, 0) is 79.2 Å². The number of H-pyrrole nitrogens is 1. The molecule has 39 heavy (non-hydrogen) atoms. The van der Waals surface area contributed by atoms with Crippen LogP contribution in [-0.4, -0.2) is 34.5 Å². The Bertz CT molecular complexity index is 1730. The molecule has 0 aliphatic carbocycles. The molecule has 0 saturated carbocycles. The molecule has 0 unspecified atom stereocenters. The van der Waals surface area contributed by atoms with Crippen molar-refractivity contribution in [3.05, 3.63) is 111 Å². The molecule has 0 spiro atoms. The first-order valence-electron chi connectivity index (χ1n) is 12.0. The van der Waals surface area contributed by atoms with Crippen LogP contribution in [0.15, 0.2) is 77.6 Å². The molecule has 5 aromatic rings. The molecule has 10 heteroatoms. The molecule has 0 aliphatic heterocycles. The molecule has 3 aromatic carbocycles. The van der Waals surface area contributed by atoms with Gasteiger partial charge in [0, 0.05) is 34.8 Å². The third-order valence-corrected chi connectivity index (χ3v) is 6.68. The van der Waals surface area contributed by atoms with Crippen LogP contribution in [0.3, 0.4) is 0 Å². The maximum Gasteiger partial charge on any atom is 0.416 e. The van der Waals surface area contributed by atoms with E-state index in [4.69, 9.17) is 9.47 Å². The molecule has 0 radical (unpaired) electrons. The zero-order valence-corrected chi connectivity index (χ0v) is 21.3. The number of halogens is 3. The maximum absolute atomic E-state index is 13.6. The fourth-order valence-corrected chi connectivity index (χ4v) is 4.65. The molecular weight excluding hydrogens is 511 g/mol. The number of carbonyl (C=O) groups excluding carboxylic acids is 1. The van der Waals surface area contributed by atoms with Crippen LogP contribution in [0.1, 0.15) is 32.9 Å². The summed E-state index contributed by atoms with van der Waals surface area (Å²) >= 11 is 0. The van der Waals surface area contributed by atoms with Gasteiger partial charge in [0.05, 0.1) is 31.0 Å². The Morgan fingerprint density at radius 1 is 0.897 bits per heavy atom. The lowest BCUT2D eigenvalue weighted by Gasteiger charge is -2.09. The normalized spacial score (nSPS) is 11.6. The van der Waals surface area contributed by atoms with Crippen LogP contribution >= 0.6 is 0 Å². The van der Waals surface area contributed by atoms with E-state index in [1.165, 1.54) is 22.9 Å². The molecule has 0 fully saturated rings. The van der Waals surface area contributed by atoms with E-state index in [1.54, 1.807) is 49.1 Å². The minimum Gasteiger partial charge on any atom is -0.497 e. The van der Waals surface area contributed by atoms with Crippen LogP contribution < -0.4 is 15.0 Å². The van der Waals surface area contributed by atoms with Crippen molar-refractivity contribution in [2.75, 3.05) is 14.2 Å². The number of methoxy groups -OCH3 is 2. The molecule has 2 heterocycles. The first-order valence-corrected chi connectivity index (χ1v) is 12.0. The second kappa shape index (κ2) is 9.86. The van der Waals surface area contributed by atoms with Gasteiger partial charge in [0.2, 0.25) is 0 Å². The number of alkyl halides is 3. The highest BCUT2D eigenvalue weighted by molar-refractivity contribution is 6.04. The lowest BCUT2D eigenvalue weighted by Crippen LogP contribution is -2.14. The smallest absolute Gasteiger partial charge is 0.416 e. The maximum atomic E-state index is 13.6. The zero-order chi connectivity index (χ0) is 27.9. The summed E-state index contributed by atoms with van der Waals surface area (Å²) in [5.74, 6) is 1.01. The van der Waals surface area contributed by atoms with E-state index in [1.807, 2.05) is 19.1 Å². The van der Waals surface area contributed by atoms with E-state index in [2.05, 4.69) is 5.10 Å². The van der Waals surface area contributed by atoms with Crippen LogP contribution in [0.25, 0.3) is 16.6 Å². The number of benzene rings is 3. The van der Waals surface area contributed by atoms with Gasteiger partial charge < -0.3 is 9.47 Å². The number of fused-ring (bicyclic) bond motifs is 1. The third-order valence-electron chi connectivity index (χ3n) is 6.68. The number of nitrogens with zero attached hydrogens (tertiary/aromatic N) is 2. The van der Waals surface area contributed by atoms with Gasteiger partial charge in [-0.15, -0.1) is 0 Å². The number of hydrogen-bond acceptors (Lipinski definition) is 4. The monoisotopic (exact) mass is 535 g/mol. The lowest BCUT2D eigenvalue weighted by atomic mass is 10.1. The van der Waals surface area contributed by atoms with Crippen LogP contribution in [-0.2, 0) is 12.6 Å². The molecule has 0 saturated heterocycles. The van der Waals surface area contributed by atoms with E-state index in [9.17, 15) is 22.8 Å². The molecule has 0 bridgehead atoms. The van der Waals surface area contributed by atoms with Crippen molar-refractivity contribution in [1.29, 1.82) is 0 Å². The van der Waals surface area contributed by atoms with E-state index in [0.717, 1.165) is 23.1 Å². The van der Waals surface area contributed by atoms with Gasteiger partial charge in [-0.2, -0.15) is 13.2 Å². The number of rotatable bonds is 6. The van der Waals surface area contributed by atoms with Crippen molar-refractivity contribution in [2.45, 2.75) is 19.5 Å². The first-order chi connectivity index (χ1) is 18.6. The number of carbonyl (C=O) groups is 1. The molecular formula is C29H24F3N3O4. The fourth-order valence-electron chi connectivity index (χ4n) is 4.65. The van der Waals surface area contributed by atoms with Gasteiger partial charge in [-0.3, -0.25) is 19.3 Å². The van der Waals surface area contributed by atoms with Gasteiger partial charge in [0.1, 0.15) is 11.5 Å². The van der Waals surface area contributed by atoms with Gasteiger partial charge in [0.25, 0.3) is 11.5 Å². The van der Waals surface area contributed by atoms with Gasteiger partial charge in [0.15, 0.2) is 0 Å². The van der Waals surface area contributed by atoms with Gasteiger partial charge in [-0.25, -0.2) is 4.68 Å². The summed E-state index contributed by atoms with van der Waals surface area (Å²) in [7, 11) is 3.10. The Morgan fingerprint density at radius 2 is 1.54 bits per heavy atom. The molecule has 200 valence electrons. The zero-order valence-electron chi connectivity index (χ0n) is 21.3. The Kier molecular flexibility index (Phi) is 6.55. The highest BCUT2D eigenvalue weighted by Gasteiger charge is 2.30. The molecule has 2 aromatic heterocycles. The minimum atomic E-state index is -4.47. The van der Waals surface area contributed by atoms with Gasteiger partial charge in [-0.1, -0.05) is 0 Å². The number of ether oxygens (including phenoxy) is 2. The van der Waals surface area contributed by atoms with Crippen molar-refractivity contribution < 1.29 is 27.4 Å². The molecule has 5 rings (SSSR count). The number of aromatic amines is 1. The number of hydrogen-bond donors (Lipinski definition) is 1. The summed E-state index contributed by atoms with van der Waals surface area (Å²) < 4.78 is 52.3. The van der Waals surface area contributed by atoms with Crippen molar-refractivity contribution >= 4 is 16.8 Å². The molecule has 0 aliphatic rings. The van der Waals surface area contributed by atoms with E-state index in [0.29, 0.717) is 34.0 Å². The number of aromatic nitrogens is 3. The molecule has 0 amide bonds. The highest BCUT2D eigenvalue weighted by atomic mass is 19.4. The average molecular weight is 536 g/mol. The molecule has 0 atom stereocenters. The predicted molar refractivity (Wildman–Crippen MR) is 140 cm³/mol.